The van der Waals surface area contributed by atoms with Gasteiger partial charge in [0.2, 0.25) is 5.91 Å². The van der Waals surface area contributed by atoms with Crippen molar-refractivity contribution < 1.29 is 4.79 Å². The molecule has 0 fully saturated rings. The molecule has 0 saturated heterocycles. The second-order valence-corrected chi connectivity index (χ2v) is 5.87. The minimum Gasteiger partial charge on any atom is -0.357 e. The van der Waals surface area contributed by atoms with Crippen LogP contribution in [0.2, 0.25) is 0 Å². The van der Waals surface area contributed by atoms with Gasteiger partial charge in [-0.2, -0.15) is 0 Å². The highest BCUT2D eigenvalue weighted by atomic mass is 32.1. The van der Waals surface area contributed by atoms with Crippen molar-refractivity contribution >= 4 is 23.2 Å². The van der Waals surface area contributed by atoms with E-state index in [1.807, 2.05) is 13.8 Å². The molecule has 7 heteroatoms. The zero-order valence-corrected chi connectivity index (χ0v) is 13.6. The predicted octanol–water partition coefficient (Wildman–Crippen LogP) is 0.903. The van der Waals surface area contributed by atoms with Crippen molar-refractivity contribution in [2.75, 3.05) is 27.2 Å². The molecule has 1 aromatic rings. The topological polar surface area (TPSA) is 69.6 Å². The van der Waals surface area contributed by atoms with Crippen LogP contribution >= 0.6 is 11.3 Å². The van der Waals surface area contributed by atoms with Crippen LogP contribution < -0.4 is 10.6 Å². The Morgan fingerprint density at radius 2 is 2.05 bits per heavy atom. The molecule has 6 nitrogen and oxygen atoms in total. The third-order valence-electron chi connectivity index (χ3n) is 2.70. The van der Waals surface area contributed by atoms with Crippen LogP contribution in [0.4, 0.5) is 0 Å². The third kappa shape index (κ3) is 5.16. The molecule has 1 amide bonds. The first kappa shape index (κ1) is 16.4. The smallest absolute Gasteiger partial charge is 0.243 e. The summed E-state index contributed by atoms with van der Waals surface area (Å²) in [4.78, 5) is 23.0. The molecule has 0 aliphatic rings. The van der Waals surface area contributed by atoms with Gasteiger partial charge in [-0.05, 0) is 20.8 Å². The molecule has 1 aromatic heterocycles. The molecule has 0 aromatic carbocycles. The Morgan fingerprint density at radius 3 is 2.55 bits per heavy atom. The van der Waals surface area contributed by atoms with Crippen LogP contribution in [0.1, 0.15) is 22.5 Å². The van der Waals surface area contributed by atoms with Crippen LogP contribution in [0.25, 0.3) is 0 Å². The number of aromatic nitrogens is 1. The molecule has 0 radical (unpaired) electrons. The first-order valence-electron chi connectivity index (χ1n) is 6.59. The first-order chi connectivity index (χ1) is 9.43. The summed E-state index contributed by atoms with van der Waals surface area (Å²) < 4.78 is 0. The Morgan fingerprint density at radius 1 is 1.35 bits per heavy atom. The van der Waals surface area contributed by atoms with Crippen molar-refractivity contribution in [2.24, 2.45) is 4.99 Å². The average Bonchev–Trinajstić information content (AvgIpc) is 2.71. The van der Waals surface area contributed by atoms with E-state index in [4.69, 9.17) is 0 Å². The zero-order valence-electron chi connectivity index (χ0n) is 12.8. The fraction of sp³-hybridized carbons (Fsp3) is 0.615. The lowest BCUT2D eigenvalue weighted by Gasteiger charge is -2.11. The molecule has 0 unspecified atom stereocenters. The number of amides is 1. The molecule has 0 saturated carbocycles. The maximum absolute atomic E-state index is 11.5. The normalized spacial score (nSPS) is 11.3. The number of aryl methyl sites for hydroxylation is 2. The molecule has 0 spiro atoms. The van der Waals surface area contributed by atoms with Crippen LogP contribution in [0.3, 0.4) is 0 Å². The number of nitrogens with zero attached hydrogens (tertiary/aromatic N) is 3. The van der Waals surface area contributed by atoms with Crippen LogP contribution in [0.15, 0.2) is 4.99 Å². The van der Waals surface area contributed by atoms with Crippen molar-refractivity contribution in [3.05, 3.63) is 15.6 Å². The van der Waals surface area contributed by atoms with Crippen molar-refractivity contribution in [2.45, 2.75) is 27.3 Å². The van der Waals surface area contributed by atoms with Gasteiger partial charge in [0.25, 0.3) is 0 Å². The number of hydrogen-bond acceptors (Lipinski definition) is 4. The quantitative estimate of drug-likeness (QED) is 0.626. The number of thiazole rings is 1. The van der Waals surface area contributed by atoms with Gasteiger partial charge in [0, 0.05) is 25.5 Å². The summed E-state index contributed by atoms with van der Waals surface area (Å²) in [6.45, 7) is 7.55. The summed E-state index contributed by atoms with van der Waals surface area (Å²) >= 11 is 1.67. The first-order valence-corrected chi connectivity index (χ1v) is 7.41. The van der Waals surface area contributed by atoms with Gasteiger partial charge in [-0.15, -0.1) is 11.3 Å². The van der Waals surface area contributed by atoms with Crippen molar-refractivity contribution in [3.63, 3.8) is 0 Å². The summed E-state index contributed by atoms with van der Waals surface area (Å²) in [5.74, 6) is 0.608. The Hall–Kier alpha value is -1.63. The van der Waals surface area contributed by atoms with Gasteiger partial charge < -0.3 is 15.5 Å². The number of nitrogens with one attached hydrogen (secondary N) is 2. The molecule has 2 N–H and O–H groups in total. The number of carbonyl (C=O) groups is 1. The highest BCUT2D eigenvalue weighted by Gasteiger charge is 2.06. The van der Waals surface area contributed by atoms with Gasteiger partial charge in [-0.3, -0.25) is 4.79 Å². The van der Waals surface area contributed by atoms with Crippen LogP contribution in [0.5, 0.6) is 0 Å². The zero-order chi connectivity index (χ0) is 15.1. The minimum atomic E-state index is -0.0249. The van der Waals surface area contributed by atoms with Gasteiger partial charge in [-0.25, -0.2) is 9.98 Å². The summed E-state index contributed by atoms with van der Waals surface area (Å²) in [6, 6.07) is 0. The van der Waals surface area contributed by atoms with Crippen molar-refractivity contribution in [3.8, 4) is 0 Å². The number of aliphatic imine (C=N–C) groups is 1. The lowest BCUT2D eigenvalue weighted by molar-refractivity contribution is -0.127. The van der Waals surface area contributed by atoms with E-state index in [1.54, 1.807) is 25.4 Å². The molecule has 20 heavy (non-hydrogen) atoms. The van der Waals surface area contributed by atoms with Gasteiger partial charge >= 0.3 is 0 Å². The Kier molecular flexibility index (Phi) is 6.44. The highest BCUT2D eigenvalue weighted by molar-refractivity contribution is 7.11. The third-order valence-corrected chi connectivity index (χ3v) is 3.77. The number of carbonyl (C=O) groups excluding carboxylic acids is 1. The van der Waals surface area contributed by atoms with E-state index in [2.05, 4.69) is 27.5 Å². The van der Waals surface area contributed by atoms with E-state index in [-0.39, 0.29) is 12.5 Å². The van der Waals surface area contributed by atoms with E-state index in [1.165, 1.54) is 9.78 Å². The van der Waals surface area contributed by atoms with E-state index in [0.717, 1.165) is 17.2 Å². The number of hydrogen-bond donors (Lipinski definition) is 2. The van der Waals surface area contributed by atoms with Gasteiger partial charge in [-0.1, -0.05) is 0 Å². The monoisotopic (exact) mass is 297 g/mol. The van der Waals surface area contributed by atoms with Crippen molar-refractivity contribution in [1.29, 1.82) is 0 Å². The van der Waals surface area contributed by atoms with E-state index < -0.39 is 0 Å². The van der Waals surface area contributed by atoms with E-state index in [9.17, 15) is 4.79 Å². The van der Waals surface area contributed by atoms with Gasteiger partial charge in [0.05, 0.1) is 12.2 Å². The van der Waals surface area contributed by atoms with Crippen LogP contribution in [-0.4, -0.2) is 48.9 Å². The average molecular weight is 297 g/mol. The number of likely N-dealkylation sites (N-methyl/N-ethyl adjacent to an activating group) is 1. The highest BCUT2D eigenvalue weighted by Crippen LogP contribution is 2.15. The maximum Gasteiger partial charge on any atom is 0.243 e. The molecule has 112 valence electrons. The van der Waals surface area contributed by atoms with E-state index >= 15 is 0 Å². The van der Waals surface area contributed by atoms with E-state index in [0.29, 0.717) is 12.5 Å². The predicted molar refractivity (Wildman–Crippen MR) is 83.1 cm³/mol. The lowest BCUT2D eigenvalue weighted by atomic mass is 10.4. The molecule has 0 aliphatic carbocycles. The number of rotatable bonds is 5. The fourth-order valence-corrected chi connectivity index (χ4v) is 2.28. The number of guanidine groups is 1. The van der Waals surface area contributed by atoms with Crippen LogP contribution in [0, 0.1) is 13.8 Å². The summed E-state index contributed by atoms with van der Waals surface area (Å²) in [5.41, 5.74) is 1.07. The standard InChI is InChI=1S/C13H23N5OS/c1-6-14-13(16-8-12(19)18(4)5)15-7-11-17-9(2)10(3)20-11/h6-8H2,1-5H3,(H2,14,15,16). The second kappa shape index (κ2) is 7.84. The Labute approximate surface area is 124 Å². The molecule has 0 aliphatic heterocycles. The SMILES string of the molecule is CCNC(=NCC(=O)N(C)C)NCc1nc(C)c(C)s1. The molecule has 1 rings (SSSR count). The summed E-state index contributed by atoms with van der Waals surface area (Å²) in [7, 11) is 3.44. The summed E-state index contributed by atoms with van der Waals surface area (Å²) in [6.07, 6.45) is 0. The molecule has 0 atom stereocenters. The fourth-order valence-electron chi connectivity index (χ4n) is 1.40. The minimum absolute atomic E-state index is 0.0249. The molecular formula is C13H23N5OS. The Bertz CT molecular complexity index is 462. The lowest BCUT2D eigenvalue weighted by Crippen LogP contribution is -2.38. The van der Waals surface area contributed by atoms with Gasteiger partial charge in [0.1, 0.15) is 11.6 Å². The molecule has 1 heterocycles. The maximum atomic E-state index is 11.5. The second-order valence-electron chi connectivity index (χ2n) is 4.59. The molecular weight excluding hydrogens is 274 g/mol. The Balaban J connectivity index is 2.58. The molecule has 0 bridgehead atoms. The van der Waals surface area contributed by atoms with Crippen molar-refractivity contribution in [1.82, 2.24) is 20.5 Å². The van der Waals surface area contributed by atoms with Crippen LogP contribution in [-0.2, 0) is 11.3 Å². The summed E-state index contributed by atoms with van der Waals surface area (Å²) in [5, 5.41) is 7.32. The van der Waals surface area contributed by atoms with Gasteiger partial charge in [0.15, 0.2) is 5.96 Å². The largest absolute Gasteiger partial charge is 0.357 e.